The van der Waals surface area contributed by atoms with Crippen LogP contribution < -0.4 is 11.2 Å². The van der Waals surface area contributed by atoms with Crippen LogP contribution in [-0.2, 0) is 6.54 Å². The summed E-state index contributed by atoms with van der Waals surface area (Å²) in [6.07, 6.45) is 5.84. The molecule has 0 spiro atoms. The van der Waals surface area contributed by atoms with E-state index in [-0.39, 0.29) is 16.7 Å². The van der Waals surface area contributed by atoms with E-state index < -0.39 is 0 Å². The Bertz CT molecular complexity index is 516. The van der Waals surface area contributed by atoms with Gasteiger partial charge in [-0.25, -0.2) is 4.79 Å². The van der Waals surface area contributed by atoms with Crippen molar-refractivity contribution in [3.8, 4) is 0 Å². The molecule has 108 valence electrons. The van der Waals surface area contributed by atoms with Crippen LogP contribution in [0.1, 0.15) is 39.5 Å². The summed E-state index contributed by atoms with van der Waals surface area (Å²) in [4.78, 5) is 25.5. The fraction of sp³-hybridized carbons (Fsp3) is 0.692. The Kier molecular flexibility index (Phi) is 6.53. The Balaban J connectivity index is 3.12. The van der Waals surface area contributed by atoms with Gasteiger partial charge in [0.2, 0.25) is 0 Å². The Morgan fingerprint density at radius 1 is 1.26 bits per heavy atom. The van der Waals surface area contributed by atoms with Crippen LogP contribution in [0.2, 0.25) is 0 Å². The SMILES string of the molecule is CCCC(CBr)(CCC)Cn1cc(Br)c(=O)[nH]c1=O. The lowest BCUT2D eigenvalue weighted by atomic mass is 9.81. The van der Waals surface area contributed by atoms with Crippen LogP contribution in [-0.4, -0.2) is 14.9 Å². The van der Waals surface area contributed by atoms with Gasteiger partial charge in [-0.2, -0.15) is 0 Å². The highest BCUT2D eigenvalue weighted by atomic mass is 79.9. The molecule has 0 saturated carbocycles. The minimum Gasteiger partial charge on any atom is -0.299 e. The van der Waals surface area contributed by atoms with Gasteiger partial charge in [0.05, 0.1) is 4.47 Å². The van der Waals surface area contributed by atoms with E-state index in [2.05, 4.69) is 50.7 Å². The number of hydrogen-bond acceptors (Lipinski definition) is 2. The molecule has 0 fully saturated rings. The highest BCUT2D eigenvalue weighted by Crippen LogP contribution is 2.33. The molecule has 0 unspecified atom stereocenters. The largest absolute Gasteiger partial charge is 0.328 e. The maximum Gasteiger partial charge on any atom is 0.328 e. The number of H-pyrrole nitrogens is 1. The average molecular weight is 396 g/mol. The minimum atomic E-state index is -0.378. The number of halogens is 2. The molecule has 0 aliphatic carbocycles. The molecule has 1 heterocycles. The van der Waals surface area contributed by atoms with E-state index >= 15 is 0 Å². The van der Waals surface area contributed by atoms with Crippen LogP contribution in [0.3, 0.4) is 0 Å². The number of nitrogens with zero attached hydrogens (tertiary/aromatic N) is 1. The van der Waals surface area contributed by atoms with E-state index in [1.165, 1.54) is 0 Å². The van der Waals surface area contributed by atoms with Gasteiger partial charge in [0.1, 0.15) is 0 Å². The molecule has 0 saturated heterocycles. The number of nitrogens with one attached hydrogen (secondary N) is 1. The third-order valence-corrected chi connectivity index (χ3v) is 5.07. The molecule has 1 aromatic heterocycles. The summed E-state index contributed by atoms with van der Waals surface area (Å²) in [5, 5.41) is 0.852. The molecule has 0 bridgehead atoms. The summed E-state index contributed by atoms with van der Waals surface area (Å²) < 4.78 is 1.99. The molecule has 0 aliphatic rings. The van der Waals surface area contributed by atoms with Gasteiger partial charge < -0.3 is 0 Å². The van der Waals surface area contributed by atoms with Crippen molar-refractivity contribution >= 4 is 31.9 Å². The van der Waals surface area contributed by atoms with E-state index in [1.807, 2.05) is 0 Å². The zero-order chi connectivity index (χ0) is 14.5. The Labute approximate surface area is 129 Å². The first kappa shape index (κ1) is 16.7. The van der Waals surface area contributed by atoms with E-state index in [4.69, 9.17) is 0 Å². The van der Waals surface area contributed by atoms with Crippen LogP contribution in [0.4, 0.5) is 0 Å². The topological polar surface area (TPSA) is 54.9 Å². The molecule has 1 rings (SSSR count). The van der Waals surface area contributed by atoms with Crippen LogP contribution in [0, 0.1) is 5.41 Å². The third-order valence-electron chi connectivity index (χ3n) is 3.32. The van der Waals surface area contributed by atoms with Crippen LogP contribution >= 0.6 is 31.9 Å². The van der Waals surface area contributed by atoms with Crippen molar-refractivity contribution in [2.75, 3.05) is 5.33 Å². The van der Waals surface area contributed by atoms with Gasteiger partial charge in [0.25, 0.3) is 5.56 Å². The van der Waals surface area contributed by atoms with E-state index in [9.17, 15) is 9.59 Å². The smallest absolute Gasteiger partial charge is 0.299 e. The molecular formula is C13H20Br2N2O2. The first-order chi connectivity index (χ1) is 8.98. The third kappa shape index (κ3) is 4.31. The maximum atomic E-state index is 11.9. The van der Waals surface area contributed by atoms with Gasteiger partial charge in [-0.15, -0.1) is 0 Å². The molecule has 0 radical (unpaired) electrons. The molecule has 6 heteroatoms. The number of rotatable bonds is 7. The first-order valence-electron chi connectivity index (χ1n) is 6.53. The fourth-order valence-electron chi connectivity index (χ4n) is 2.48. The summed E-state index contributed by atoms with van der Waals surface area (Å²) in [5.41, 5.74) is -0.659. The summed E-state index contributed by atoms with van der Waals surface area (Å²) in [5.74, 6) is 0. The highest BCUT2D eigenvalue weighted by molar-refractivity contribution is 9.10. The second-order valence-corrected chi connectivity index (χ2v) is 6.41. The quantitative estimate of drug-likeness (QED) is 0.720. The second kappa shape index (κ2) is 7.43. The molecule has 0 amide bonds. The van der Waals surface area contributed by atoms with Crippen molar-refractivity contribution < 1.29 is 0 Å². The van der Waals surface area contributed by atoms with Gasteiger partial charge in [0.15, 0.2) is 0 Å². The predicted molar refractivity (Wildman–Crippen MR) is 85.1 cm³/mol. The number of aromatic amines is 1. The van der Waals surface area contributed by atoms with Gasteiger partial charge in [-0.1, -0.05) is 42.6 Å². The molecule has 0 aromatic carbocycles. The molecule has 0 atom stereocenters. The fourth-order valence-corrected chi connectivity index (χ4v) is 3.57. The molecule has 1 N–H and O–H groups in total. The average Bonchev–Trinajstić information content (AvgIpc) is 2.36. The van der Waals surface area contributed by atoms with Crippen LogP contribution in [0.5, 0.6) is 0 Å². The van der Waals surface area contributed by atoms with Crippen molar-refractivity contribution in [1.29, 1.82) is 0 Å². The lowest BCUT2D eigenvalue weighted by molar-refractivity contribution is 0.228. The Hall–Kier alpha value is -0.360. The summed E-state index contributed by atoms with van der Waals surface area (Å²) >= 11 is 6.76. The molecule has 1 aromatic rings. The summed E-state index contributed by atoms with van der Waals surface area (Å²) in [7, 11) is 0. The highest BCUT2D eigenvalue weighted by Gasteiger charge is 2.28. The number of alkyl halides is 1. The summed E-state index contributed by atoms with van der Waals surface area (Å²) in [6.45, 7) is 4.92. The maximum absolute atomic E-state index is 11.9. The summed E-state index contributed by atoms with van der Waals surface area (Å²) in [6, 6.07) is 0. The van der Waals surface area contributed by atoms with Crippen LogP contribution in [0.15, 0.2) is 20.3 Å². The van der Waals surface area contributed by atoms with Crippen molar-refractivity contribution in [2.24, 2.45) is 5.41 Å². The van der Waals surface area contributed by atoms with Gasteiger partial charge in [-0.3, -0.25) is 14.3 Å². The predicted octanol–water partition coefficient (Wildman–Crippen LogP) is 3.28. The van der Waals surface area contributed by atoms with Gasteiger partial charge >= 0.3 is 5.69 Å². The zero-order valence-electron chi connectivity index (χ0n) is 11.3. The first-order valence-corrected chi connectivity index (χ1v) is 8.44. The molecular weight excluding hydrogens is 376 g/mol. The molecule has 19 heavy (non-hydrogen) atoms. The van der Waals surface area contributed by atoms with Gasteiger partial charge in [-0.05, 0) is 34.2 Å². The standard InChI is InChI=1S/C13H20Br2N2O2/c1-3-5-13(8-14,6-4-2)9-17-7-10(15)11(18)16-12(17)19/h7H,3-6,8-9H2,1-2H3,(H,16,18,19). The van der Waals surface area contributed by atoms with Crippen molar-refractivity contribution in [1.82, 2.24) is 9.55 Å². The Morgan fingerprint density at radius 2 is 1.84 bits per heavy atom. The van der Waals surface area contributed by atoms with Crippen LogP contribution in [0.25, 0.3) is 0 Å². The van der Waals surface area contributed by atoms with Crippen molar-refractivity contribution in [2.45, 2.75) is 46.1 Å². The normalized spacial score (nSPS) is 11.8. The molecule has 4 nitrogen and oxygen atoms in total. The lowest BCUT2D eigenvalue weighted by Crippen LogP contribution is -2.37. The van der Waals surface area contributed by atoms with E-state index in [0.29, 0.717) is 11.0 Å². The van der Waals surface area contributed by atoms with Crippen molar-refractivity contribution in [3.63, 3.8) is 0 Å². The monoisotopic (exact) mass is 394 g/mol. The van der Waals surface area contributed by atoms with E-state index in [1.54, 1.807) is 10.8 Å². The number of hydrogen-bond donors (Lipinski definition) is 1. The van der Waals surface area contributed by atoms with E-state index in [0.717, 1.165) is 31.0 Å². The van der Waals surface area contributed by atoms with Gasteiger partial charge in [0, 0.05) is 18.1 Å². The lowest BCUT2D eigenvalue weighted by Gasteiger charge is -2.32. The second-order valence-electron chi connectivity index (χ2n) is 5.00. The minimum absolute atomic E-state index is 0.0605. The number of aromatic nitrogens is 2. The van der Waals surface area contributed by atoms with Crippen molar-refractivity contribution in [3.05, 3.63) is 31.5 Å². The zero-order valence-corrected chi connectivity index (χ0v) is 14.5. The Morgan fingerprint density at radius 3 is 2.32 bits per heavy atom. The molecule has 0 aliphatic heterocycles.